The van der Waals surface area contributed by atoms with E-state index in [1.165, 1.54) is 24.1 Å². The topological polar surface area (TPSA) is 72.9 Å². The Morgan fingerprint density at radius 3 is 2.67 bits per heavy atom. The van der Waals surface area contributed by atoms with E-state index in [-0.39, 0.29) is 23.8 Å². The van der Waals surface area contributed by atoms with Crippen LogP contribution in [-0.2, 0) is 4.79 Å². The number of carbonyl (C=O) groups is 2. The van der Waals surface area contributed by atoms with Gasteiger partial charge in [0, 0.05) is 39.3 Å². The van der Waals surface area contributed by atoms with Crippen LogP contribution in [0.5, 0.6) is 5.75 Å². The molecule has 1 heterocycles. The van der Waals surface area contributed by atoms with E-state index >= 15 is 0 Å². The SMILES string of the molecule is CN(CC(=O)N1CCNCC1)C(=O)c1ccc(O)cc1F. The molecule has 0 radical (unpaired) electrons. The van der Waals surface area contributed by atoms with Crippen molar-refractivity contribution in [3.63, 3.8) is 0 Å². The second-order valence-corrected chi connectivity index (χ2v) is 4.96. The lowest BCUT2D eigenvalue weighted by molar-refractivity contribution is -0.132. The second-order valence-electron chi connectivity index (χ2n) is 4.96. The lowest BCUT2D eigenvalue weighted by atomic mass is 10.2. The highest BCUT2D eigenvalue weighted by Gasteiger charge is 2.22. The second kappa shape index (κ2) is 6.53. The van der Waals surface area contributed by atoms with Gasteiger partial charge in [0.1, 0.15) is 11.6 Å². The van der Waals surface area contributed by atoms with Crippen LogP contribution >= 0.6 is 0 Å². The molecule has 2 rings (SSSR count). The number of phenolic OH excluding ortho intramolecular Hbond substituents is 1. The van der Waals surface area contributed by atoms with Gasteiger partial charge in [-0.25, -0.2) is 4.39 Å². The minimum Gasteiger partial charge on any atom is -0.508 e. The van der Waals surface area contributed by atoms with Gasteiger partial charge in [0.15, 0.2) is 0 Å². The Morgan fingerprint density at radius 1 is 1.38 bits per heavy atom. The van der Waals surface area contributed by atoms with E-state index in [4.69, 9.17) is 5.11 Å². The highest BCUT2D eigenvalue weighted by Crippen LogP contribution is 2.16. The Bertz CT molecular complexity index is 544. The molecule has 2 N–H and O–H groups in total. The number of hydrogen-bond acceptors (Lipinski definition) is 4. The molecule has 7 heteroatoms. The van der Waals surface area contributed by atoms with Crippen LogP contribution in [0.2, 0.25) is 0 Å². The van der Waals surface area contributed by atoms with Gasteiger partial charge >= 0.3 is 0 Å². The summed E-state index contributed by atoms with van der Waals surface area (Å²) in [7, 11) is 1.45. The first-order valence-corrected chi connectivity index (χ1v) is 6.71. The van der Waals surface area contributed by atoms with Gasteiger partial charge in [0.2, 0.25) is 5.91 Å². The van der Waals surface area contributed by atoms with Crippen LogP contribution in [0, 0.1) is 5.82 Å². The third-order valence-electron chi connectivity index (χ3n) is 3.37. The molecule has 0 unspecified atom stereocenters. The van der Waals surface area contributed by atoms with Crippen molar-refractivity contribution in [2.24, 2.45) is 0 Å². The maximum atomic E-state index is 13.6. The van der Waals surface area contributed by atoms with Crippen molar-refractivity contribution < 1.29 is 19.1 Å². The normalized spacial score (nSPS) is 14.9. The van der Waals surface area contributed by atoms with Crippen LogP contribution in [0.25, 0.3) is 0 Å². The molecule has 1 aromatic rings. The summed E-state index contributed by atoms with van der Waals surface area (Å²) < 4.78 is 13.6. The van der Waals surface area contributed by atoms with Crippen LogP contribution in [0.15, 0.2) is 18.2 Å². The molecule has 0 spiro atoms. The van der Waals surface area contributed by atoms with Crippen molar-refractivity contribution >= 4 is 11.8 Å². The maximum absolute atomic E-state index is 13.6. The average Bonchev–Trinajstić information content (AvgIpc) is 2.47. The minimum absolute atomic E-state index is 0.0981. The molecular formula is C14H18FN3O3. The molecule has 0 bridgehead atoms. The fraction of sp³-hybridized carbons (Fsp3) is 0.429. The predicted molar refractivity (Wildman–Crippen MR) is 74.5 cm³/mol. The molecule has 0 saturated carbocycles. The first kappa shape index (κ1) is 15.2. The molecule has 0 atom stereocenters. The van der Waals surface area contributed by atoms with Gasteiger partial charge in [-0.3, -0.25) is 9.59 Å². The third kappa shape index (κ3) is 3.69. The quantitative estimate of drug-likeness (QED) is 0.825. The number of phenols is 1. The number of aromatic hydroxyl groups is 1. The zero-order valence-electron chi connectivity index (χ0n) is 11.8. The lowest BCUT2D eigenvalue weighted by Crippen LogP contribution is -2.49. The fourth-order valence-electron chi connectivity index (χ4n) is 2.17. The summed E-state index contributed by atoms with van der Waals surface area (Å²) >= 11 is 0. The van der Waals surface area contributed by atoms with Gasteiger partial charge < -0.3 is 20.2 Å². The Balaban J connectivity index is 2.00. The minimum atomic E-state index is -0.804. The first-order valence-electron chi connectivity index (χ1n) is 6.71. The summed E-state index contributed by atoms with van der Waals surface area (Å²) in [5.41, 5.74) is -0.164. The molecule has 1 fully saturated rings. The van der Waals surface area contributed by atoms with Crippen molar-refractivity contribution in [1.29, 1.82) is 0 Å². The Morgan fingerprint density at radius 2 is 2.05 bits per heavy atom. The summed E-state index contributed by atoms with van der Waals surface area (Å²) in [6.07, 6.45) is 0. The van der Waals surface area contributed by atoms with Crippen LogP contribution in [-0.4, -0.2) is 66.5 Å². The van der Waals surface area contributed by atoms with E-state index in [0.29, 0.717) is 13.1 Å². The molecule has 0 aromatic heterocycles. The molecule has 1 saturated heterocycles. The number of halogens is 1. The van der Waals surface area contributed by atoms with Gasteiger partial charge in [-0.05, 0) is 12.1 Å². The summed E-state index contributed by atoms with van der Waals surface area (Å²) in [5.74, 6) is -1.80. The average molecular weight is 295 g/mol. The molecular weight excluding hydrogens is 277 g/mol. The number of benzene rings is 1. The highest BCUT2D eigenvalue weighted by atomic mass is 19.1. The van der Waals surface area contributed by atoms with E-state index < -0.39 is 11.7 Å². The summed E-state index contributed by atoms with van der Waals surface area (Å²) in [6.45, 7) is 2.58. The van der Waals surface area contributed by atoms with Gasteiger partial charge in [-0.2, -0.15) is 0 Å². The number of rotatable bonds is 3. The number of hydrogen-bond donors (Lipinski definition) is 2. The Labute approximate surface area is 122 Å². The van der Waals surface area contributed by atoms with Gasteiger partial charge in [-0.1, -0.05) is 0 Å². The molecule has 0 aliphatic carbocycles. The van der Waals surface area contributed by atoms with Gasteiger partial charge in [-0.15, -0.1) is 0 Å². The number of amides is 2. The zero-order chi connectivity index (χ0) is 15.4. The van der Waals surface area contributed by atoms with Crippen LogP contribution in [0.4, 0.5) is 4.39 Å². The summed E-state index contributed by atoms with van der Waals surface area (Å²) in [4.78, 5) is 27.0. The number of nitrogens with zero attached hydrogens (tertiary/aromatic N) is 2. The van der Waals surface area contributed by atoms with Crippen molar-refractivity contribution in [3.05, 3.63) is 29.6 Å². The van der Waals surface area contributed by atoms with E-state index in [1.54, 1.807) is 4.90 Å². The molecule has 6 nitrogen and oxygen atoms in total. The standard InChI is InChI=1S/C14H18FN3O3/c1-17(9-13(20)18-6-4-16-5-7-18)14(21)11-3-2-10(19)8-12(11)15/h2-3,8,16,19H,4-7,9H2,1H3. The van der Waals surface area contributed by atoms with E-state index in [0.717, 1.165) is 19.2 Å². The monoisotopic (exact) mass is 295 g/mol. The molecule has 21 heavy (non-hydrogen) atoms. The van der Waals surface area contributed by atoms with Crippen LogP contribution < -0.4 is 5.32 Å². The Kier molecular flexibility index (Phi) is 4.74. The number of likely N-dealkylation sites (N-methyl/N-ethyl adjacent to an activating group) is 1. The molecule has 1 aliphatic heterocycles. The maximum Gasteiger partial charge on any atom is 0.257 e. The zero-order valence-corrected chi connectivity index (χ0v) is 11.8. The van der Waals surface area contributed by atoms with Crippen LogP contribution in [0.1, 0.15) is 10.4 Å². The molecule has 1 aliphatic rings. The molecule has 1 aromatic carbocycles. The van der Waals surface area contributed by atoms with E-state index in [1.807, 2.05) is 0 Å². The first-order chi connectivity index (χ1) is 9.99. The predicted octanol–water partition coefficient (Wildman–Crippen LogP) is 0.0351. The van der Waals surface area contributed by atoms with Gasteiger partial charge in [0.25, 0.3) is 5.91 Å². The number of nitrogens with one attached hydrogen (secondary N) is 1. The number of piperazine rings is 1. The van der Waals surface area contributed by atoms with E-state index in [2.05, 4.69) is 5.32 Å². The van der Waals surface area contributed by atoms with Crippen molar-refractivity contribution in [2.45, 2.75) is 0 Å². The summed E-state index contributed by atoms with van der Waals surface area (Å²) in [6, 6.07) is 3.32. The lowest BCUT2D eigenvalue weighted by Gasteiger charge is -2.29. The van der Waals surface area contributed by atoms with E-state index in [9.17, 15) is 14.0 Å². The van der Waals surface area contributed by atoms with Crippen molar-refractivity contribution in [1.82, 2.24) is 15.1 Å². The largest absolute Gasteiger partial charge is 0.508 e. The fourth-order valence-corrected chi connectivity index (χ4v) is 2.17. The number of carbonyl (C=O) groups excluding carboxylic acids is 2. The van der Waals surface area contributed by atoms with Crippen molar-refractivity contribution in [2.75, 3.05) is 39.8 Å². The molecule has 114 valence electrons. The van der Waals surface area contributed by atoms with Crippen LogP contribution in [0.3, 0.4) is 0 Å². The summed E-state index contributed by atoms with van der Waals surface area (Å²) in [5, 5.41) is 12.3. The smallest absolute Gasteiger partial charge is 0.257 e. The van der Waals surface area contributed by atoms with Crippen molar-refractivity contribution in [3.8, 4) is 5.75 Å². The van der Waals surface area contributed by atoms with Gasteiger partial charge in [0.05, 0.1) is 12.1 Å². The Hall–Kier alpha value is -2.15. The highest BCUT2D eigenvalue weighted by molar-refractivity contribution is 5.96. The third-order valence-corrected chi connectivity index (χ3v) is 3.37. The molecule has 2 amide bonds.